The summed E-state index contributed by atoms with van der Waals surface area (Å²) in [6, 6.07) is 7.65. The summed E-state index contributed by atoms with van der Waals surface area (Å²) in [4.78, 5) is 10.4. The molecule has 3 heteroatoms. The molecule has 1 aromatic carbocycles. The van der Waals surface area contributed by atoms with Crippen LogP contribution in [0.15, 0.2) is 36.4 Å². The molecule has 1 aromatic rings. The molecule has 0 aromatic heterocycles. The SMILES string of the molecule is C/C=C\CCc1cccc(CC(=O)[O-])c1.[Na+]. The Kier molecular flexibility index (Phi) is 8.26. The first kappa shape index (κ1) is 15.4. The maximum absolute atomic E-state index is 10.4. The Morgan fingerprint density at radius 1 is 1.38 bits per heavy atom. The number of carboxylic acids is 1. The van der Waals surface area contributed by atoms with Crippen LogP contribution in [0.2, 0.25) is 0 Å². The first-order valence-electron chi connectivity index (χ1n) is 5.11. The van der Waals surface area contributed by atoms with E-state index in [2.05, 4.69) is 6.08 Å². The molecular weight excluding hydrogens is 211 g/mol. The van der Waals surface area contributed by atoms with E-state index in [9.17, 15) is 9.90 Å². The molecule has 0 atom stereocenters. The molecule has 0 aliphatic rings. The fourth-order valence-corrected chi connectivity index (χ4v) is 1.48. The van der Waals surface area contributed by atoms with Crippen molar-refractivity contribution < 1.29 is 39.5 Å². The Balaban J connectivity index is 0.00000225. The summed E-state index contributed by atoms with van der Waals surface area (Å²) >= 11 is 0. The van der Waals surface area contributed by atoms with Crippen LogP contribution in [0.5, 0.6) is 0 Å². The third-order valence-electron chi connectivity index (χ3n) is 2.18. The van der Waals surface area contributed by atoms with Gasteiger partial charge in [-0.15, -0.1) is 0 Å². The van der Waals surface area contributed by atoms with Gasteiger partial charge < -0.3 is 9.90 Å². The summed E-state index contributed by atoms with van der Waals surface area (Å²) in [6.07, 6.45) is 6.06. The van der Waals surface area contributed by atoms with Gasteiger partial charge in [0.2, 0.25) is 0 Å². The van der Waals surface area contributed by atoms with Crippen LogP contribution in [0.1, 0.15) is 24.5 Å². The molecule has 0 saturated heterocycles. The van der Waals surface area contributed by atoms with Gasteiger partial charge in [0, 0.05) is 12.4 Å². The maximum Gasteiger partial charge on any atom is 1.00 e. The molecule has 0 aliphatic heterocycles. The second-order valence-electron chi connectivity index (χ2n) is 3.48. The fraction of sp³-hybridized carbons (Fsp3) is 0.308. The minimum absolute atomic E-state index is 0. The molecule has 0 N–H and O–H groups in total. The van der Waals surface area contributed by atoms with E-state index in [4.69, 9.17) is 0 Å². The van der Waals surface area contributed by atoms with Gasteiger partial charge in [0.1, 0.15) is 0 Å². The van der Waals surface area contributed by atoms with Crippen LogP contribution >= 0.6 is 0 Å². The average molecular weight is 226 g/mol. The van der Waals surface area contributed by atoms with Gasteiger partial charge in [0.25, 0.3) is 0 Å². The van der Waals surface area contributed by atoms with E-state index in [1.807, 2.05) is 37.3 Å². The van der Waals surface area contributed by atoms with Crippen molar-refractivity contribution in [1.29, 1.82) is 0 Å². The Bertz CT molecular complexity index is 359. The third-order valence-corrected chi connectivity index (χ3v) is 2.18. The molecule has 0 heterocycles. The van der Waals surface area contributed by atoms with Crippen molar-refractivity contribution in [2.75, 3.05) is 0 Å². The Morgan fingerprint density at radius 3 is 2.69 bits per heavy atom. The van der Waals surface area contributed by atoms with Gasteiger partial charge in [-0.05, 0) is 30.9 Å². The number of carbonyl (C=O) groups excluding carboxylic acids is 1. The maximum atomic E-state index is 10.4. The number of carbonyl (C=O) groups is 1. The minimum Gasteiger partial charge on any atom is -0.550 e. The molecule has 0 unspecified atom stereocenters. The van der Waals surface area contributed by atoms with Crippen molar-refractivity contribution in [3.8, 4) is 0 Å². The van der Waals surface area contributed by atoms with Gasteiger partial charge in [0.05, 0.1) is 0 Å². The molecule has 0 radical (unpaired) electrons. The van der Waals surface area contributed by atoms with Gasteiger partial charge in [-0.1, -0.05) is 36.4 Å². The van der Waals surface area contributed by atoms with Crippen LogP contribution < -0.4 is 34.7 Å². The molecule has 0 fully saturated rings. The van der Waals surface area contributed by atoms with E-state index >= 15 is 0 Å². The zero-order valence-electron chi connectivity index (χ0n) is 9.90. The van der Waals surface area contributed by atoms with E-state index in [0.29, 0.717) is 0 Å². The zero-order valence-corrected chi connectivity index (χ0v) is 11.9. The normalized spacial score (nSPS) is 10.1. The molecule has 0 amide bonds. The van der Waals surface area contributed by atoms with E-state index in [-0.39, 0.29) is 36.0 Å². The predicted octanol–water partition coefficient (Wildman–Crippen LogP) is -1.51. The van der Waals surface area contributed by atoms with Gasteiger partial charge in [-0.2, -0.15) is 0 Å². The first-order valence-corrected chi connectivity index (χ1v) is 5.11. The fourth-order valence-electron chi connectivity index (χ4n) is 1.48. The van der Waals surface area contributed by atoms with E-state index in [0.717, 1.165) is 18.4 Å². The Hall–Kier alpha value is -0.570. The number of aliphatic carboxylic acids is 1. The second-order valence-corrected chi connectivity index (χ2v) is 3.48. The Labute approximate surface area is 119 Å². The molecule has 2 nitrogen and oxygen atoms in total. The van der Waals surface area contributed by atoms with Crippen molar-refractivity contribution >= 4 is 5.97 Å². The molecule has 0 saturated carbocycles. The zero-order chi connectivity index (χ0) is 11.1. The van der Waals surface area contributed by atoms with E-state index in [1.165, 1.54) is 5.56 Å². The van der Waals surface area contributed by atoms with Crippen LogP contribution in [0.3, 0.4) is 0 Å². The van der Waals surface area contributed by atoms with E-state index < -0.39 is 5.97 Å². The van der Waals surface area contributed by atoms with Crippen molar-refractivity contribution in [2.24, 2.45) is 0 Å². The molecule has 16 heavy (non-hydrogen) atoms. The number of aryl methyl sites for hydroxylation is 1. The molecule has 80 valence electrons. The summed E-state index contributed by atoms with van der Waals surface area (Å²) in [5.74, 6) is -1.03. The number of hydrogen-bond donors (Lipinski definition) is 0. The van der Waals surface area contributed by atoms with Crippen LogP contribution in [-0.2, 0) is 17.6 Å². The van der Waals surface area contributed by atoms with Gasteiger partial charge >= 0.3 is 29.6 Å². The standard InChI is InChI=1S/C13H16O2.Na/c1-2-3-4-6-11-7-5-8-12(9-11)10-13(14)15;/h2-3,5,7-9H,4,6,10H2,1H3,(H,14,15);/q;+1/p-1/b3-2-;. The molecule has 0 spiro atoms. The van der Waals surface area contributed by atoms with Crippen molar-refractivity contribution in [3.05, 3.63) is 47.5 Å². The second kappa shape index (κ2) is 8.57. The smallest absolute Gasteiger partial charge is 0.550 e. The number of hydrogen-bond acceptors (Lipinski definition) is 2. The summed E-state index contributed by atoms with van der Waals surface area (Å²) in [5, 5.41) is 10.4. The third kappa shape index (κ3) is 6.11. The summed E-state index contributed by atoms with van der Waals surface area (Å²) in [5.41, 5.74) is 1.99. The van der Waals surface area contributed by atoms with Crippen LogP contribution in [0.4, 0.5) is 0 Å². The molecule has 0 aliphatic carbocycles. The number of carboxylic acid groups (broad SMARTS) is 1. The van der Waals surface area contributed by atoms with Gasteiger partial charge in [0.15, 0.2) is 0 Å². The monoisotopic (exact) mass is 226 g/mol. The molecule has 1 rings (SSSR count). The van der Waals surface area contributed by atoms with Crippen molar-refractivity contribution in [1.82, 2.24) is 0 Å². The predicted molar refractivity (Wildman–Crippen MR) is 58.3 cm³/mol. The minimum atomic E-state index is -1.03. The summed E-state index contributed by atoms with van der Waals surface area (Å²) < 4.78 is 0. The molecule has 0 bridgehead atoms. The molecular formula is C13H15NaO2. The van der Waals surface area contributed by atoms with Crippen LogP contribution in [0, 0.1) is 0 Å². The topological polar surface area (TPSA) is 40.1 Å². The summed E-state index contributed by atoms with van der Waals surface area (Å²) in [7, 11) is 0. The number of rotatable bonds is 5. The van der Waals surface area contributed by atoms with Crippen molar-refractivity contribution in [3.63, 3.8) is 0 Å². The van der Waals surface area contributed by atoms with E-state index in [1.54, 1.807) is 0 Å². The van der Waals surface area contributed by atoms with Crippen LogP contribution in [0.25, 0.3) is 0 Å². The number of allylic oxidation sites excluding steroid dienone is 2. The largest absolute Gasteiger partial charge is 1.00 e. The average Bonchev–Trinajstić information content (AvgIpc) is 2.18. The number of benzene rings is 1. The summed E-state index contributed by atoms with van der Waals surface area (Å²) in [6.45, 7) is 1.99. The van der Waals surface area contributed by atoms with Gasteiger partial charge in [-0.3, -0.25) is 0 Å². The van der Waals surface area contributed by atoms with Gasteiger partial charge in [-0.25, -0.2) is 0 Å². The van der Waals surface area contributed by atoms with Crippen LogP contribution in [-0.4, -0.2) is 5.97 Å². The Morgan fingerprint density at radius 2 is 2.06 bits per heavy atom. The first-order chi connectivity index (χ1) is 7.22. The van der Waals surface area contributed by atoms with Crippen molar-refractivity contribution in [2.45, 2.75) is 26.2 Å². The quantitative estimate of drug-likeness (QED) is 0.452.